The van der Waals surface area contributed by atoms with E-state index in [9.17, 15) is 4.79 Å². The fourth-order valence-corrected chi connectivity index (χ4v) is 2.04. The fourth-order valence-electron chi connectivity index (χ4n) is 2.04. The van der Waals surface area contributed by atoms with Crippen LogP contribution in [0.4, 0.5) is 5.69 Å². The second kappa shape index (κ2) is 6.25. The van der Waals surface area contributed by atoms with Gasteiger partial charge in [-0.15, -0.1) is 0 Å². The molecule has 4 heteroatoms. The average molecular weight is 233 g/mol. The molecule has 0 aromatic heterocycles. The summed E-state index contributed by atoms with van der Waals surface area (Å²) in [6, 6.07) is 9.97. The molecule has 3 N–H and O–H groups in total. The minimum atomic E-state index is 0.0354. The third kappa shape index (κ3) is 4.07. The Morgan fingerprint density at radius 2 is 2.12 bits per heavy atom. The normalized spacial score (nSPS) is 19.6. The lowest BCUT2D eigenvalue weighted by Crippen LogP contribution is -2.40. The molecule has 0 bridgehead atoms. The van der Waals surface area contributed by atoms with Crippen LogP contribution in [0, 0.1) is 0 Å². The zero-order chi connectivity index (χ0) is 11.9. The molecule has 4 nitrogen and oxygen atoms in total. The first-order valence-corrected chi connectivity index (χ1v) is 6.18. The van der Waals surface area contributed by atoms with Gasteiger partial charge in [0.2, 0.25) is 5.91 Å². The van der Waals surface area contributed by atoms with Gasteiger partial charge in [-0.25, -0.2) is 0 Å². The van der Waals surface area contributed by atoms with Crippen LogP contribution in [-0.4, -0.2) is 18.5 Å². The van der Waals surface area contributed by atoms with Gasteiger partial charge >= 0.3 is 0 Å². The Labute approximate surface area is 102 Å². The van der Waals surface area contributed by atoms with Crippen molar-refractivity contribution in [2.24, 2.45) is 0 Å². The van der Waals surface area contributed by atoms with Crippen LogP contribution >= 0.6 is 0 Å². The van der Waals surface area contributed by atoms with Crippen molar-refractivity contribution in [2.75, 3.05) is 12.0 Å². The number of benzene rings is 1. The maximum atomic E-state index is 11.7. The van der Waals surface area contributed by atoms with Gasteiger partial charge < -0.3 is 5.32 Å². The molecule has 0 radical (unpaired) electrons. The number of hydrazine groups is 1. The minimum absolute atomic E-state index is 0.0354. The topological polar surface area (TPSA) is 53.2 Å². The van der Waals surface area contributed by atoms with Crippen LogP contribution in [0.25, 0.3) is 0 Å². The molecule has 1 aromatic carbocycles. The van der Waals surface area contributed by atoms with Gasteiger partial charge in [-0.05, 0) is 31.5 Å². The van der Waals surface area contributed by atoms with Gasteiger partial charge in [0.05, 0.1) is 5.69 Å². The number of hydrogen-bond acceptors (Lipinski definition) is 3. The van der Waals surface area contributed by atoms with Crippen LogP contribution in [0.5, 0.6) is 0 Å². The zero-order valence-electron chi connectivity index (χ0n) is 9.91. The first kappa shape index (κ1) is 11.9. The molecule has 1 aliphatic heterocycles. The molecule has 1 unspecified atom stereocenters. The second-order valence-electron chi connectivity index (χ2n) is 4.39. The molecular weight excluding hydrogens is 214 g/mol. The van der Waals surface area contributed by atoms with Crippen molar-refractivity contribution in [2.45, 2.75) is 31.7 Å². The summed E-state index contributed by atoms with van der Waals surface area (Å²) in [7, 11) is 0. The van der Waals surface area contributed by atoms with Crippen LogP contribution < -0.4 is 16.2 Å². The number of hydrogen-bond donors (Lipinski definition) is 3. The van der Waals surface area contributed by atoms with Crippen LogP contribution in [0.15, 0.2) is 30.3 Å². The highest BCUT2D eigenvalue weighted by molar-refractivity contribution is 5.78. The summed E-state index contributed by atoms with van der Waals surface area (Å²) in [6.45, 7) is 1.03. The van der Waals surface area contributed by atoms with Gasteiger partial charge in [0.1, 0.15) is 0 Å². The highest BCUT2D eigenvalue weighted by Crippen LogP contribution is 2.10. The number of piperidine rings is 1. The predicted octanol–water partition coefficient (Wildman–Crippen LogP) is 1.66. The number of para-hydroxylation sites is 1. The molecule has 17 heavy (non-hydrogen) atoms. The summed E-state index contributed by atoms with van der Waals surface area (Å²) in [5.74, 6) is 0.0354. The average Bonchev–Trinajstić information content (AvgIpc) is 2.39. The molecule has 0 aliphatic carbocycles. The first-order chi connectivity index (χ1) is 8.34. The van der Waals surface area contributed by atoms with Crippen molar-refractivity contribution in [3.63, 3.8) is 0 Å². The van der Waals surface area contributed by atoms with Gasteiger partial charge in [0, 0.05) is 12.5 Å². The van der Waals surface area contributed by atoms with E-state index in [4.69, 9.17) is 0 Å². The molecule has 1 amide bonds. The Hall–Kier alpha value is -1.55. The largest absolute Gasteiger partial charge is 0.313 e. The molecule has 92 valence electrons. The Balaban J connectivity index is 1.70. The smallest absolute Gasteiger partial charge is 0.239 e. The molecule has 1 saturated heterocycles. The summed E-state index contributed by atoms with van der Waals surface area (Å²) in [4.78, 5) is 11.7. The van der Waals surface area contributed by atoms with Crippen molar-refractivity contribution >= 4 is 11.6 Å². The van der Waals surface area contributed by atoms with E-state index < -0.39 is 0 Å². The van der Waals surface area contributed by atoms with Crippen LogP contribution in [0.1, 0.15) is 25.7 Å². The zero-order valence-corrected chi connectivity index (χ0v) is 9.91. The maximum absolute atomic E-state index is 11.7. The Kier molecular flexibility index (Phi) is 4.38. The molecule has 1 atom stereocenters. The second-order valence-corrected chi connectivity index (χ2v) is 4.39. The summed E-state index contributed by atoms with van der Waals surface area (Å²) in [6.07, 6.45) is 4.08. The van der Waals surface area contributed by atoms with E-state index in [1.165, 1.54) is 12.8 Å². The van der Waals surface area contributed by atoms with Crippen molar-refractivity contribution in [1.82, 2.24) is 10.7 Å². The van der Waals surface area contributed by atoms with E-state index in [1.807, 2.05) is 30.3 Å². The minimum Gasteiger partial charge on any atom is -0.313 e. The maximum Gasteiger partial charge on any atom is 0.239 e. The van der Waals surface area contributed by atoms with E-state index in [0.717, 1.165) is 18.7 Å². The number of carbonyl (C=O) groups is 1. The summed E-state index contributed by atoms with van der Waals surface area (Å²) >= 11 is 0. The Morgan fingerprint density at radius 3 is 2.82 bits per heavy atom. The molecule has 1 aromatic rings. The highest BCUT2D eigenvalue weighted by Gasteiger charge is 2.15. The summed E-state index contributed by atoms with van der Waals surface area (Å²) < 4.78 is 0. The molecular formula is C13H19N3O. The van der Waals surface area contributed by atoms with Crippen molar-refractivity contribution in [3.8, 4) is 0 Å². The number of carbonyl (C=O) groups excluding carboxylic acids is 1. The predicted molar refractivity (Wildman–Crippen MR) is 68.5 cm³/mol. The Bertz CT molecular complexity index is 347. The van der Waals surface area contributed by atoms with E-state index in [2.05, 4.69) is 16.2 Å². The highest BCUT2D eigenvalue weighted by atomic mass is 16.2. The molecule has 1 heterocycles. The van der Waals surface area contributed by atoms with Crippen molar-refractivity contribution < 1.29 is 4.79 Å². The van der Waals surface area contributed by atoms with Gasteiger partial charge in [0.25, 0.3) is 0 Å². The standard InChI is InChI=1S/C13H19N3O/c17-13(10-12-8-4-5-9-14-12)16-15-11-6-2-1-3-7-11/h1-3,6-7,12,14-15H,4-5,8-10H2,(H,16,17). The van der Waals surface area contributed by atoms with E-state index in [0.29, 0.717) is 12.5 Å². The molecule has 1 aliphatic rings. The lowest BCUT2D eigenvalue weighted by molar-refractivity contribution is -0.121. The first-order valence-electron chi connectivity index (χ1n) is 6.18. The lowest BCUT2D eigenvalue weighted by Gasteiger charge is -2.22. The molecule has 2 rings (SSSR count). The molecule has 0 spiro atoms. The molecule has 1 fully saturated rings. The quantitative estimate of drug-likeness (QED) is 0.693. The van der Waals surface area contributed by atoms with Crippen LogP contribution in [-0.2, 0) is 4.79 Å². The van der Waals surface area contributed by atoms with Gasteiger partial charge in [0.15, 0.2) is 0 Å². The van der Waals surface area contributed by atoms with E-state index >= 15 is 0 Å². The lowest BCUT2D eigenvalue weighted by atomic mass is 10.0. The number of amides is 1. The fraction of sp³-hybridized carbons (Fsp3) is 0.462. The van der Waals surface area contributed by atoms with Crippen LogP contribution in [0.3, 0.4) is 0 Å². The van der Waals surface area contributed by atoms with Crippen LogP contribution in [0.2, 0.25) is 0 Å². The van der Waals surface area contributed by atoms with Crippen molar-refractivity contribution in [3.05, 3.63) is 30.3 Å². The van der Waals surface area contributed by atoms with E-state index in [-0.39, 0.29) is 5.91 Å². The van der Waals surface area contributed by atoms with Gasteiger partial charge in [-0.2, -0.15) is 0 Å². The summed E-state index contributed by atoms with van der Waals surface area (Å²) in [5, 5.41) is 3.36. The van der Waals surface area contributed by atoms with Gasteiger partial charge in [-0.1, -0.05) is 24.6 Å². The molecule has 0 saturated carbocycles. The number of rotatable bonds is 4. The third-order valence-electron chi connectivity index (χ3n) is 2.96. The van der Waals surface area contributed by atoms with Gasteiger partial charge in [-0.3, -0.25) is 15.6 Å². The monoisotopic (exact) mass is 233 g/mol. The van der Waals surface area contributed by atoms with Crippen molar-refractivity contribution in [1.29, 1.82) is 0 Å². The third-order valence-corrected chi connectivity index (χ3v) is 2.96. The Morgan fingerprint density at radius 1 is 1.29 bits per heavy atom. The number of nitrogens with one attached hydrogen (secondary N) is 3. The SMILES string of the molecule is O=C(CC1CCCCN1)NNc1ccccc1. The number of anilines is 1. The van der Waals surface area contributed by atoms with E-state index in [1.54, 1.807) is 0 Å². The summed E-state index contributed by atoms with van der Waals surface area (Å²) in [5.41, 5.74) is 6.52.